The summed E-state index contributed by atoms with van der Waals surface area (Å²) in [4.78, 5) is 2.36. The molecule has 0 aliphatic carbocycles. The van der Waals surface area contributed by atoms with Gasteiger partial charge in [-0.05, 0) is 49.6 Å². The van der Waals surface area contributed by atoms with Crippen LogP contribution in [0.15, 0.2) is 24.3 Å². The Bertz CT molecular complexity index is 383. The minimum atomic E-state index is 0. The second-order valence-electron chi connectivity index (χ2n) is 4.35. The summed E-state index contributed by atoms with van der Waals surface area (Å²) in [6.45, 7) is 2.91. The van der Waals surface area contributed by atoms with E-state index in [1.165, 1.54) is 18.5 Å². The molecule has 0 saturated carbocycles. The molecule has 92 valence electrons. The molecule has 1 atom stereocenters. The molecule has 17 heavy (non-hydrogen) atoms. The zero-order valence-electron chi connectivity index (χ0n) is 9.80. The number of rotatable bonds is 2. The maximum atomic E-state index is 8.74. The van der Waals surface area contributed by atoms with Crippen LogP contribution >= 0.6 is 12.4 Å². The second kappa shape index (κ2) is 6.48. The summed E-state index contributed by atoms with van der Waals surface area (Å²) in [6.07, 6.45) is 2.45. The molecule has 4 heteroatoms. The van der Waals surface area contributed by atoms with Gasteiger partial charge in [-0.25, -0.2) is 0 Å². The number of piperidine rings is 1. The lowest BCUT2D eigenvalue weighted by molar-refractivity contribution is 0.423. The van der Waals surface area contributed by atoms with Gasteiger partial charge in [-0.1, -0.05) is 0 Å². The molecule has 1 unspecified atom stereocenters. The third-order valence-corrected chi connectivity index (χ3v) is 3.21. The van der Waals surface area contributed by atoms with Crippen molar-refractivity contribution in [1.29, 1.82) is 5.26 Å². The SMILES string of the molecule is Cl.N#Cc1ccc(N2CCCC(CN)C2)cc1. The minimum Gasteiger partial charge on any atom is -0.371 e. The van der Waals surface area contributed by atoms with E-state index in [2.05, 4.69) is 11.0 Å². The van der Waals surface area contributed by atoms with Gasteiger partial charge in [0.05, 0.1) is 11.6 Å². The van der Waals surface area contributed by atoms with Crippen LogP contribution in [-0.2, 0) is 0 Å². The Morgan fingerprint density at radius 2 is 2.06 bits per heavy atom. The third-order valence-electron chi connectivity index (χ3n) is 3.21. The van der Waals surface area contributed by atoms with Crippen molar-refractivity contribution >= 4 is 18.1 Å². The molecule has 2 N–H and O–H groups in total. The first kappa shape index (κ1) is 13.8. The molecule has 1 aromatic rings. The number of nitrogens with zero attached hydrogens (tertiary/aromatic N) is 2. The number of halogens is 1. The maximum Gasteiger partial charge on any atom is 0.0991 e. The Balaban J connectivity index is 0.00000144. The summed E-state index contributed by atoms with van der Waals surface area (Å²) in [6, 6.07) is 9.94. The van der Waals surface area contributed by atoms with Crippen molar-refractivity contribution in [2.24, 2.45) is 11.7 Å². The van der Waals surface area contributed by atoms with Gasteiger partial charge in [0, 0.05) is 18.8 Å². The summed E-state index contributed by atoms with van der Waals surface area (Å²) in [5, 5.41) is 8.74. The number of nitriles is 1. The van der Waals surface area contributed by atoms with Crippen LogP contribution in [0.4, 0.5) is 5.69 Å². The molecule has 0 radical (unpaired) electrons. The lowest BCUT2D eigenvalue weighted by atomic mass is 9.98. The highest BCUT2D eigenvalue weighted by Gasteiger charge is 2.18. The van der Waals surface area contributed by atoms with Crippen molar-refractivity contribution in [3.8, 4) is 6.07 Å². The number of hydrogen-bond donors (Lipinski definition) is 1. The smallest absolute Gasteiger partial charge is 0.0991 e. The van der Waals surface area contributed by atoms with E-state index in [0.29, 0.717) is 5.92 Å². The zero-order valence-corrected chi connectivity index (χ0v) is 10.6. The standard InChI is InChI=1S/C13H17N3.ClH/c14-8-11-3-5-13(6-4-11)16-7-1-2-12(9-15)10-16;/h3-6,12H,1-2,7,9-10,15H2;1H. The van der Waals surface area contributed by atoms with E-state index in [-0.39, 0.29) is 12.4 Å². The molecule has 0 bridgehead atoms. The summed E-state index contributed by atoms with van der Waals surface area (Å²) in [7, 11) is 0. The van der Waals surface area contributed by atoms with Crippen LogP contribution in [0.25, 0.3) is 0 Å². The van der Waals surface area contributed by atoms with Gasteiger partial charge in [-0.15, -0.1) is 12.4 Å². The van der Waals surface area contributed by atoms with Crippen LogP contribution in [0.5, 0.6) is 0 Å². The molecule has 2 rings (SSSR count). The Morgan fingerprint density at radius 1 is 1.35 bits per heavy atom. The summed E-state index contributed by atoms with van der Waals surface area (Å²) in [5.74, 6) is 0.615. The van der Waals surface area contributed by atoms with Gasteiger partial charge in [0.25, 0.3) is 0 Å². The fourth-order valence-corrected chi connectivity index (χ4v) is 2.24. The molecule has 1 fully saturated rings. The fourth-order valence-electron chi connectivity index (χ4n) is 2.24. The molecular formula is C13H18ClN3. The highest BCUT2D eigenvalue weighted by Crippen LogP contribution is 2.22. The average molecular weight is 252 g/mol. The van der Waals surface area contributed by atoms with E-state index in [9.17, 15) is 0 Å². The highest BCUT2D eigenvalue weighted by molar-refractivity contribution is 5.85. The largest absolute Gasteiger partial charge is 0.371 e. The van der Waals surface area contributed by atoms with Crippen LogP contribution in [0.3, 0.4) is 0 Å². The summed E-state index contributed by atoms with van der Waals surface area (Å²) >= 11 is 0. The van der Waals surface area contributed by atoms with Crippen LogP contribution in [-0.4, -0.2) is 19.6 Å². The van der Waals surface area contributed by atoms with E-state index < -0.39 is 0 Å². The molecule has 1 aliphatic heterocycles. The van der Waals surface area contributed by atoms with Gasteiger partial charge in [0.2, 0.25) is 0 Å². The van der Waals surface area contributed by atoms with Crippen LogP contribution in [0.2, 0.25) is 0 Å². The van der Waals surface area contributed by atoms with Gasteiger partial charge in [0.15, 0.2) is 0 Å². The number of nitrogens with two attached hydrogens (primary N) is 1. The maximum absolute atomic E-state index is 8.74. The van der Waals surface area contributed by atoms with Gasteiger partial charge in [-0.2, -0.15) is 5.26 Å². The Labute approximate surface area is 109 Å². The van der Waals surface area contributed by atoms with Crippen LogP contribution < -0.4 is 10.6 Å². The van der Waals surface area contributed by atoms with Crippen molar-refractivity contribution in [2.75, 3.05) is 24.5 Å². The second-order valence-corrected chi connectivity index (χ2v) is 4.35. The molecular weight excluding hydrogens is 234 g/mol. The fraction of sp³-hybridized carbons (Fsp3) is 0.462. The molecule has 0 spiro atoms. The monoisotopic (exact) mass is 251 g/mol. The quantitative estimate of drug-likeness (QED) is 0.876. The topological polar surface area (TPSA) is 53.0 Å². The highest BCUT2D eigenvalue weighted by atomic mass is 35.5. The Hall–Kier alpha value is -1.24. The van der Waals surface area contributed by atoms with E-state index in [1.54, 1.807) is 0 Å². The number of hydrogen-bond acceptors (Lipinski definition) is 3. The van der Waals surface area contributed by atoms with Gasteiger partial charge >= 0.3 is 0 Å². The molecule has 0 aromatic heterocycles. The molecule has 1 heterocycles. The minimum absolute atomic E-state index is 0. The molecule has 0 amide bonds. The Kier molecular flexibility index (Phi) is 5.27. The predicted octanol–water partition coefficient (Wildman–Crippen LogP) is 2.16. The van der Waals surface area contributed by atoms with Gasteiger partial charge in [-0.3, -0.25) is 0 Å². The van der Waals surface area contributed by atoms with E-state index >= 15 is 0 Å². The first-order valence-corrected chi connectivity index (χ1v) is 5.78. The molecule has 1 saturated heterocycles. The number of anilines is 1. The van der Waals surface area contributed by atoms with Gasteiger partial charge < -0.3 is 10.6 Å². The van der Waals surface area contributed by atoms with Crippen LogP contribution in [0, 0.1) is 17.2 Å². The average Bonchev–Trinajstić information content (AvgIpc) is 2.39. The van der Waals surface area contributed by atoms with E-state index in [4.69, 9.17) is 11.0 Å². The first-order chi connectivity index (χ1) is 7.83. The first-order valence-electron chi connectivity index (χ1n) is 5.78. The normalized spacial score (nSPS) is 19.3. The summed E-state index contributed by atoms with van der Waals surface area (Å²) < 4.78 is 0. The van der Waals surface area contributed by atoms with Crippen molar-refractivity contribution in [1.82, 2.24) is 0 Å². The van der Waals surface area contributed by atoms with Gasteiger partial charge in [0.1, 0.15) is 0 Å². The van der Waals surface area contributed by atoms with Crippen molar-refractivity contribution in [2.45, 2.75) is 12.8 Å². The zero-order chi connectivity index (χ0) is 11.4. The summed E-state index contributed by atoms with van der Waals surface area (Å²) in [5.41, 5.74) is 7.64. The molecule has 3 nitrogen and oxygen atoms in total. The predicted molar refractivity (Wildman–Crippen MR) is 72.4 cm³/mol. The van der Waals surface area contributed by atoms with Crippen molar-refractivity contribution in [3.63, 3.8) is 0 Å². The lowest BCUT2D eigenvalue weighted by Gasteiger charge is -2.33. The van der Waals surface area contributed by atoms with Crippen LogP contribution in [0.1, 0.15) is 18.4 Å². The molecule has 1 aromatic carbocycles. The van der Waals surface area contributed by atoms with E-state index in [0.717, 1.165) is 25.2 Å². The third kappa shape index (κ3) is 3.36. The molecule has 1 aliphatic rings. The van der Waals surface area contributed by atoms with Crippen molar-refractivity contribution in [3.05, 3.63) is 29.8 Å². The lowest BCUT2D eigenvalue weighted by Crippen LogP contribution is -2.38. The van der Waals surface area contributed by atoms with E-state index in [1.807, 2.05) is 24.3 Å². The van der Waals surface area contributed by atoms with Crippen molar-refractivity contribution < 1.29 is 0 Å². The number of benzene rings is 1. The Morgan fingerprint density at radius 3 is 2.65 bits per heavy atom.